The van der Waals surface area contributed by atoms with Crippen molar-refractivity contribution in [2.45, 2.75) is 19.9 Å². The molecule has 0 heterocycles. The molecular formula is C19H27NO2S. The van der Waals surface area contributed by atoms with Gasteiger partial charge in [0, 0.05) is 0 Å². The Balaban J connectivity index is 0.00000112. The molecule has 0 unspecified atom stereocenters. The largest absolute Gasteiger partial charge is 0.468 e. The summed E-state index contributed by atoms with van der Waals surface area (Å²) in [6.45, 7) is 4.19. The zero-order valence-electron chi connectivity index (χ0n) is 14.3. The van der Waals surface area contributed by atoms with Crippen molar-refractivity contribution >= 4 is 18.6 Å². The van der Waals surface area contributed by atoms with Gasteiger partial charge in [0.1, 0.15) is 0 Å². The molecule has 0 radical (unpaired) electrons. The van der Waals surface area contributed by atoms with E-state index < -0.39 is 0 Å². The lowest BCUT2D eigenvalue weighted by Gasteiger charge is -2.19. The predicted molar refractivity (Wildman–Crippen MR) is 101 cm³/mol. The Morgan fingerprint density at radius 2 is 1.35 bits per heavy atom. The zero-order chi connectivity index (χ0) is 17.5. The topological polar surface area (TPSA) is 38.3 Å². The summed E-state index contributed by atoms with van der Waals surface area (Å²) in [7, 11) is 1.39. The van der Waals surface area contributed by atoms with Crippen LogP contribution in [0.2, 0.25) is 0 Å². The predicted octanol–water partition coefficient (Wildman–Crippen LogP) is 4.11. The van der Waals surface area contributed by atoms with Gasteiger partial charge in [0.2, 0.25) is 0 Å². The highest BCUT2D eigenvalue weighted by molar-refractivity contribution is 7.79. The number of benzene rings is 2. The Labute approximate surface area is 145 Å². The van der Waals surface area contributed by atoms with E-state index in [1.165, 1.54) is 7.11 Å². The summed E-state index contributed by atoms with van der Waals surface area (Å²) >= 11 is 3.53. The van der Waals surface area contributed by atoms with E-state index in [1.807, 2.05) is 74.5 Å². The molecule has 23 heavy (non-hydrogen) atoms. The molecule has 0 aliphatic carbocycles. The van der Waals surface area contributed by atoms with E-state index >= 15 is 0 Å². The quantitative estimate of drug-likeness (QED) is 0.639. The molecule has 0 bridgehead atoms. The van der Waals surface area contributed by atoms with Crippen molar-refractivity contribution in [1.29, 1.82) is 0 Å². The number of methoxy groups -OCH3 is 1. The van der Waals surface area contributed by atoms with Gasteiger partial charge in [-0.2, -0.15) is 12.6 Å². The lowest BCUT2D eigenvalue weighted by Crippen LogP contribution is -2.29. The molecule has 2 aromatic carbocycles. The average molecular weight is 333 g/mol. The van der Waals surface area contributed by atoms with Crippen LogP contribution in [0.25, 0.3) is 0 Å². The van der Waals surface area contributed by atoms with E-state index in [9.17, 15) is 4.79 Å². The standard InChI is InChI=1S/C16H17NO2.C2H6.CH4S/c1-19-15(18)12-17-16(13-8-4-2-5-9-13)14-10-6-3-7-11-14;2*1-2/h2-11,16-17H,12H2,1H3;1-2H3;2H,1H3. The number of carbonyl (C=O) groups is 1. The second-order valence-electron chi connectivity index (χ2n) is 4.21. The molecule has 0 amide bonds. The maximum Gasteiger partial charge on any atom is 0.319 e. The minimum Gasteiger partial charge on any atom is -0.468 e. The number of ether oxygens (including phenoxy) is 1. The Morgan fingerprint density at radius 3 is 1.70 bits per heavy atom. The van der Waals surface area contributed by atoms with Crippen molar-refractivity contribution in [3.63, 3.8) is 0 Å². The molecule has 4 heteroatoms. The third-order valence-corrected chi connectivity index (χ3v) is 2.94. The first-order chi connectivity index (χ1) is 11.3. The van der Waals surface area contributed by atoms with Crippen LogP contribution in [0, 0.1) is 0 Å². The molecule has 0 fully saturated rings. The van der Waals surface area contributed by atoms with Crippen molar-refractivity contribution in [3.05, 3.63) is 71.8 Å². The summed E-state index contributed by atoms with van der Waals surface area (Å²) in [5.41, 5.74) is 2.25. The highest BCUT2D eigenvalue weighted by Crippen LogP contribution is 2.21. The first-order valence-corrected chi connectivity index (χ1v) is 8.55. The number of esters is 1. The first kappa shape index (κ1) is 21.2. The minimum atomic E-state index is -0.267. The van der Waals surface area contributed by atoms with Gasteiger partial charge >= 0.3 is 5.97 Å². The number of thiol groups is 1. The van der Waals surface area contributed by atoms with Gasteiger partial charge in [-0.15, -0.1) is 0 Å². The number of rotatable bonds is 5. The molecule has 0 atom stereocenters. The summed E-state index contributed by atoms with van der Waals surface area (Å²) < 4.78 is 4.67. The smallest absolute Gasteiger partial charge is 0.319 e. The van der Waals surface area contributed by atoms with Gasteiger partial charge in [0.15, 0.2) is 0 Å². The first-order valence-electron chi connectivity index (χ1n) is 7.66. The molecule has 2 rings (SSSR count). The van der Waals surface area contributed by atoms with Crippen molar-refractivity contribution in [1.82, 2.24) is 5.32 Å². The zero-order valence-corrected chi connectivity index (χ0v) is 15.2. The summed E-state index contributed by atoms with van der Waals surface area (Å²) in [5, 5.41) is 3.23. The van der Waals surface area contributed by atoms with E-state index in [4.69, 9.17) is 0 Å². The highest BCUT2D eigenvalue weighted by atomic mass is 32.1. The molecule has 0 saturated heterocycles. The molecule has 3 nitrogen and oxygen atoms in total. The molecule has 2 aromatic rings. The third-order valence-electron chi connectivity index (χ3n) is 2.94. The monoisotopic (exact) mass is 333 g/mol. The Kier molecular flexibility index (Phi) is 12.8. The van der Waals surface area contributed by atoms with Gasteiger partial charge in [0.05, 0.1) is 19.7 Å². The fourth-order valence-corrected chi connectivity index (χ4v) is 1.98. The van der Waals surface area contributed by atoms with Crippen molar-refractivity contribution in [3.8, 4) is 0 Å². The van der Waals surface area contributed by atoms with Crippen LogP contribution >= 0.6 is 12.6 Å². The third kappa shape index (κ3) is 7.86. The summed E-state index contributed by atoms with van der Waals surface area (Å²) in [6.07, 6.45) is 1.69. The molecule has 0 aliphatic rings. The van der Waals surface area contributed by atoms with E-state index in [0.717, 1.165) is 11.1 Å². The van der Waals surface area contributed by atoms with Gasteiger partial charge in [-0.25, -0.2) is 0 Å². The van der Waals surface area contributed by atoms with E-state index in [2.05, 4.69) is 22.7 Å². The van der Waals surface area contributed by atoms with Gasteiger partial charge in [-0.1, -0.05) is 74.5 Å². The van der Waals surface area contributed by atoms with Crippen LogP contribution in [-0.2, 0) is 9.53 Å². The number of carbonyl (C=O) groups excluding carboxylic acids is 1. The molecule has 126 valence electrons. The van der Waals surface area contributed by atoms with Crippen LogP contribution in [-0.4, -0.2) is 25.9 Å². The summed E-state index contributed by atoms with van der Waals surface area (Å²) in [6, 6.07) is 20.1. The van der Waals surface area contributed by atoms with Crippen LogP contribution < -0.4 is 5.32 Å². The minimum absolute atomic E-state index is 0.0125. The Morgan fingerprint density at radius 1 is 0.957 bits per heavy atom. The Bertz CT molecular complexity index is 478. The normalized spacial score (nSPS) is 9.13. The highest BCUT2D eigenvalue weighted by Gasteiger charge is 2.14. The summed E-state index contributed by atoms with van der Waals surface area (Å²) in [4.78, 5) is 11.3. The molecule has 1 N–H and O–H groups in total. The molecule has 0 aliphatic heterocycles. The van der Waals surface area contributed by atoms with Crippen LogP contribution in [0.4, 0.5) is 0 Å². The molecular weight excluding hydrogens is 306 g/mol. The van der Waals surface area contributed by atoms with E-state index in [-0.39, 0.29) is 18.6 Å². The lowest BCUT2D eigenvalue weighted by molar-refractivity contribution is -0.139. The van der Waals surface area contributed by atoms with Crippen LogP contribution in [0.5, 0.6) is 0 Å². The second kappa shape index (κ2) is 13.9. The van der Waals surface area contributed by atoms with Gasteiger partial charge in [-0.3, -0.25) is 10.1 Å². The molecule has 0 spiro atoms. The number of hydrogen-bond donors (Lipinski definition) is 2. The Hall–Kier alpha value is -1.78. The van der Waals surface area contributed by atoms with E-state index in [1.54, 1.807) is 6.26 Å². The maximum absolute atomic E-state index is 11.3. The van der Waals surface area contributed by atoms with Gasteiger partial charge < -0.3 is 4.74 Å². The fourth-order valence-electron chi connectivity index (χ4n) is 1.98. The SMILES string of the molecule is CC.COC(=O)CNC(c1ccccc1)c1ccccc1.CS. The van der Waals surface area contributed by atoms with Gasteiger partial charge in [0.25, 0.3) is 0 Å². The number of hydrogen-bond acceptors (Lipinski definition) is 4. The summed E-state index contributed by atoms with van der Waals surface area (Å²) in [5.74, 6) is -0.267. The molecule has 0 aromatic heterocycles. The van der Waals surface area contributed by atoms with Crippen molar-refractivity contribution in [2.24, 2.45) is 0 Å². The van der Waals surface area contributed by atoms with Crippen LogP contribution in [0.3, 0.4) is 0 Å². The van der Waals surface area contributed by atoms with Gasteiger partial charge in [-0.05, 0) is 17.4 Å². The average Bonchev–Trinajstić information content (AvgIpc) is 2.66. The van der Waals surface area contributed by atoms with Crippen LogP contribution in [0.15, 0.2) is 60.7 Å². The number of nitrogens with one attached hydrogen (secondary N) is 1. The lowest BCUT2D eigenvalue weighted by atomic mass is 9.99. The molecule has 0 saturated carbocycles. The maximum atomic E-state index is 11.3. The van der Waals surface area contributed by atoms with E-state index in [0.29, 0.717) is 0 Å². The fraction of sp³-hybridized carbons (Fsp3) is 0.316. The second-order valence-corrected chi connectivity index (χ2v) is 4.21. The van der Waals surface area contributed by atoms with Crippen molar-refractivity contribution < 1.29 is 9.53 Å². The van der Waals surface area contributed by atoms with Crippen molar-refractivity contribution in [2.75, 3.05) is 19.9 Å². The van der Waals surface area contributed by atoms with Crippen LogP contribution in [0.1, 0.15) is 31.0 Å².